The average Bonchev–Trinajstić information content (AvgIpc) is 3.17. The van der Waals surface area contributed by atoms with Crippen molar-refractivity contribution in [3.8, 4) is 5.69 Å². The van der Waals surface area contributed by atoms with Crippen LogP contribution in [0.15, 0.2) is 64.4 Å². The van der Waals surface area contributed by atoms with Gasteiger partial charge in [-0.2, -0.15) is 0 Å². The van der Waals surface area contributed by atoms with Crippen LogP contribution in [0.4, 0.5) is 10.5 Å². The fourth-order valence-electron chi connectivity index (χ4n) is 3.54. The van der Waals surface area contributed by atoms with E-state index in [-0.39, 0.29) is 10.1 Å². The molecule has 1 saturated heterocycles. The van der Waals surface area contributed by atoms with Crippen LogP contribution in [0.2, 0.25) is 5.02 Å². The zero-order valence-electron chi connectivity index (χ0n) is 17.1. The van der Waals surface area contributed by atoms with Crippen LogP contribution in [0.25, 0.3) is 11.8 Å². The molecule has 0 saturated carbocycles. The number of amides is 2. The van der Waals surface area contributed by atoms with Gasteiger partial charge in [0, 0.05) is 22.1 Å². The largest absolute Gasteiger partial charge is 0.318 e. The van der Waals surface area contributed by atoms with Gasteiger partial charge >= 0.3 is 0 Å². The maximum atomic E-state index is 12.9. The lowest BCUT2D eigenvalue weighted by Crippen LogP contribution is -2.27. The van der Waals surface area contributed by atoms with E-state index < -0.39 is 15.9 Å². The zero-order chi connectivity index (χ0) is 23.2. The van der Waals surface area contributed by atoms with Gasteiger partial charge in [0.1, 0.15) is 0 Å². The predicted octanol–water partition coefficient (Wildman–Crippen LogP) is 4.64. The molecular weight excluding hydrogens is 470 g/mol. The molecule has 3 aromatic rings. The summed E-state index contributed by atoms with van der Waals surface area (Å²) in [5.41, 5.74) is 3.71. The number of anilines is 1. The molecule has 0 unspecified atom stereocenters. The van der Waals surface area contributed by atoms with Crippen LogP contribution in [0.1, 0.15) is 17.0 Å². The van der Waals surface area contributed by atoms with Crippen molar-refractivity contribution in [2.45, 2.75) is 18.7 Å². The number of carbonyl (C=O) groups excluding carboxylic acids is 2. The molecule has 1 aromatic heterocycles. The number of thioether (sulfide) groups is 1. The predicted molar refractivity (Wildman–Crippen MR) is 127 cm³/mol. The lowest BCUT2D eigenvalue weighted by atomic mass is 10.2. The van der Waals surface area contributed by atoms with Gasteiger partial charge in [-0.05, 0) is 91.8 Å². The lowest BCUT2D eigenvalue weighted by molar-refractivity contribution is -0.113. The maximum Gasteiger partial charge on any atom is 0.298 e. The first-order chi connectivity index (χ1) is 15.1. The Hall–Kier alpha value is -2.85. The van der Waals surface area contributed by atoms with E-state index in [0.29, 0.717) is 15.6 Å². The molecule has 1 aliphatic rings. The number of hydrogen-bond donors (Lipinski definition) is 1. The molecule has 0 spiro atoms. The molecule has 1 fully saturated rings. The minimum atomic E-state index is -3.78. The van der Waals surface area contributed by atoms with Crippen molar-refractivity contribution in [3.05, 3.63) is 81.5 Å². The third kappa shape index (κ3) is 4.12. The van der Waals surface area contributed by atoms with E-state index in [4.69, 9.17) is 16.7 Å². The van der Waals surface area contributed by atoms with Gasteiger partial charge in [-0.1, -0.05) is 11.6 Å². The van der Waals surface area contributed by atoms with E-state index in [1.54, 1.807) is 42.5 Å². The summed E-state index contributed by atoms with van der Waals surface area (Å²) in [5, 5.41) is 5.31. The standard InChI is InChI=1S/C22H18ClN3O4S2/c1-13-11-15(14(2)25(13)17-7-9-19(10-8-17)32(24,29)30)12-20-21(27)26(22(28)31-20)18-5-3-16(23)4-6-18/h3-12H,1-2H3,(H2,24,29,30)/b20-12+. The van der Waals surface area contributed by atoms with Crippen molar-refractivity contribution in [1.82, 2.24) is 4.57 Å². The molecule has 10 heteroatoms. The molecule has 2 heterocycles. The second-order valence-electron chi connectivity index (χ2n) is 7.19. The Bertz CT molecular complexity index is 1380. The SMILES string of the molecule is Cc1cc(/C=C2/SC(=O)N(c3ccc(Cl)cc3)C2=O)c(C)n1-c1ccc(S(N)(=O)=O)cc1. The summed E-state index contributed by atoms with van der Waals surface area (Å²) < 4.78 is 24.9. The van der Waals surface area contributed by atoms with Crippen LogP contribution in [-0.4, -0.2) is 24.1 Å². The molecule has 0 bridgehead atoms. The van der Waals surface area contributed by atoms with Crippen molar-refractivity contribution in [3.63, 3.8) is 0 Å². The highest BCUT2D eigenvalue weighted by Gasteiger charge is 2.36. The van der Waals surface area contributed by atoms with Crippen molar-refractivity contribution in [1.29, 1.82) is 0 Å². The number of rotatable bonds is 4. The number of hydrogen-bond acceptors (Lipinski definition) is 5. The van der Waals surface area contributed by atoms with Crippen LogP contribution in [-0.2, 0) is 14.8 Å². The molecule has 2 aromatic carbocycles. The number of benzene rings is 2. The van der Waals surface area contributed by atoms with Gasteiger partial charge in [0.25, 0.3) is 11.1 Å². The van der Waals surface area contributed by atoms with E-state index in [9.17, 15) is 18.0 Å². The summed E-state index contributed by atoms with van der Waals surface area (Å²) in [6, 6.07) is 14.6. The Morgan fingerprint density at radius 2 is 1.56 bits per heavy atom. The third-order valence-corrected chi connectivity index (χ3v) is 7.11. The number of halogens is 1. The minimum Gasteiger partial charge on any atom is -0.318 e. The number of sulfonamides is 1. The fourth-order valence-corrected chi connectivity index (χ4v) is 5.01. The summed E-state index contributed by atoms with van der Waals surface area (Å²) in [4.78, 5) is 26.9. The third-order valence-electron chi connectivity index (χ3n) is 5.06. The van der Waals surface area contributed by atoms with Gasteiger partial charge < -0.3 is 4.57 Å². The number of nitrogens with zero attached hydrogens (tertiary/aromatic N) is 2. The highest BCUT2D eigenvalue weighted by Crippen LogP contribution is 2.37. The summed E-state index contributed by atoms with van der Waals surface area (Å²) in [5.74, 6) is -0.398. The molecule has 164 valence electrons. The monoisotopic (exact) mass is 487 g/mol. The highest BCUT2D eigenvalue weighted by molar-refractivity contribution is 8.19. The fraction of sp³-hybridized carbons (Fsp3) is 0.0909. The number of carbonyl (C=O) groups is 2. The van der Waals surface area contributed by atoms with E-state index in [1.165, 1.54) is 12.1 Å². The van der Waals surface area contributed by atoms with E-state index >= 15 is 0 Å². The van der Waals surface area contributed by atoms with Gasteiger partial charge in [-0.3, -0.25) is 9.59 Å². The first kappa shape index (κ1) is 22.3. The van der Waals surface area contributed by atoms with Crippen molar-refractivity contribution >= 4 is 56.3 Å². The van der Waals surface area contributed by atoms with Crippen LogP contribution < -0.4 is 10.0 Å². The van der Waals surface area contributed by atoms with Gasteiger partial charge in [0.05, 0.1) is 15.5 Å². The molecule has 2 amide bonds. The summed E-state index contributed by atoms with van der Waals surface area (Å²) in [6.45, 7) is 3.78. The van der Waals surface area contributed by atoms with Crippen LogP contribution in [0, 0.1) is 13.8 Å². The quantitative estimate of drug-likeness (QED) is 0.540. The van der Waals surface area contributed by atoms with Crippen LogP contribution >= 0.6 is 23.4 Å². The maximum absolute atomic E-state index is 12.9. The van der Waals surface area contributed by atoms with Gasteiger partial charge in [-0.25, -0.2) is 18.5 Å². The van der Waals surface area contributed by atoms with Crippen molar-refractivity contribution in [2.24, 2.45) is 5.14 Å². The number of primary sulfonamides is 1. The molecule has 0 radical (unpaired) electrons. The molecule has 1 aliphatic heterocycles. The molecule has 7 nitrogen and oxygen atoms in total. The normalized spacial score (nSPS) is 15.8. The van der Waals surface area contributed by atoms with Gasteiger partial charge in [0.2, 0.25) is 10.0 Å². The molecule has 32 heavy (non-hydrogen) atoms. The first-order valence-electron chi connectivity index (χ1n) is 9.42. The van der Waals surface area contributed by atoms with E-state index in [1.807, 2.05) is 24.5 Å². The molecular formula is C22H18ClN3O4S2. The second kappa shape index (κ2) is 8.25. The highest BCUT2D eigenvalue weighted by atomic mass is 35.5. The van der Waals surface area contributed by atoms with Crippen molar-refractivity contribution in [2.75, 3.05) is 4.90 Å². The smallest absolute Gasteiger partial charge is 0.298 e. The lowest BCUT2D eigenvalue weighted by Gasteiger charge is -2.12. The second-order valence-corrected chi connectivity index (χ2v) is 10.2. The van der Waals surface area contributed by atoms with Crippen molar-refractivity contribution < 1.29 is 18.0 Å². The summed E-state index contributed by atoms with van der Waals surface area (Å²) >= 11 is 6.78. The number of aromatic nitrogens is 1. The Kier molecular flexibility index (Phi) is 5.76. The summed E-state index contributed by atoms with van der Waals surface area (Å²) in [6.07, 6.45) is 1.69. The molecule has 0 aliphatic carbocycles. The Labute approximate surface area is 194 Å². The Morgan fingerprint density at radius 3 is 2.16 bits per heavy atom. The van der Waals surface area contributed by atoms with E-state index in [0.717, 1.165) is 39.3 Å². The topological polar surface area (TPSA) is 102 Å². The van der Waals surface area contributed by atoms with E-state index in [2.05, 4.69) is 0 Å². The summed E-state index contributed by atoms with van der Waals surface area (Å²) in [7, 11) is -3.78. The molecule has 0 atom stereocenters. The Morgan fingerprint density at radius 1 is 0.969 bits per heavy atom. The number of aryl methyl sites for hydroxylation is 1. The van der Waals surface area contributed by atoms with Gasteiger partial charge in [0.15, 0.2) is 0 Å². The average molecular weight is 488 g/mol. The number of imide groups is 1. The number of nitrogens with two attached hydrogens (primary N) is 1. The van der Waals surface area contributed by atoms with Crippen LogP contribution in [0.5, 0.6) is 0 Å². The first-order valence-corrected chi connectivity index (χ1v) is 12.2. The molecule has 2 N–H and O–H groups in total. The van der Waals surface area contributed by atoms with Crippen LogP contribution in [0.3, 0.4) is 0 Å². The molecule has 4 rings (SSSR count). The zero-order valence-corrected chi connectivity index (χ0v) is 19.5. The van der Waals surface area contributed by atoms with Gasteiger partial charge in [-0.15, -0.1) is 0 Å². The Balaban J connectivity index is 1.68. The minimum absolute atomic E-state index is 0.0276.